The van der Waals surface area contributed by atoms with Crippen LogP contribution in [0.1, 0.15) is 33.1 Å². The second-order valence-corrected chi connectivity index (χ2v) is 5.14. The Hall–Kier alpha value is -1.12. The SMILES string of the molecule is CCOC(=O)[C@@H]1[C@@H](CC(C)=O)[C@H]2C=C[C@@H]1CC2. The van der Waals surface area contributed by atoms with Gasteiger partial charge >= 0.3 is 5.97 Å². The highest BCUT2D eigenvalue weighted by atomic mass is 16.5. The van der Waals surface area contributed by atoms with Gasteiger partial charge in [0.2, 0.25) is 0 Å². The summed E-state index contributed by atoms with van der Waals surface area (Å²) in [5, 5.41) is 0. The van der Waals surface area contributed by atoms with Crippen LogP contribution in [0.5, 0.6) is 0 Å². The zero-order chi connectivity index (χ0) is 12.4. The molecule has 0 radical (unpaired) electrons. The molecule has 0 unspecified atom stereocenters. The van der Waals surface area contributed by atoms with Gasteiger partial charge in [-0.15, -0.1) is 0 Å². The molecule has 4 atom stereocenters. The molecule has 0 aromatic rings. The maximum atomic E-state index is 12.0. The molecular weight excluding hydrogens is 216 g/mol. The van der Waals surface area contributed by atoms with E-state index < -0.39 is 0 Å². The summed E-state index contributed by atoms with van der Waals surface area (Å²) in [6, 6.07) is 0. The van der Waals surface area contributed by atoms with Gasteiger partial charge in [-0.2, -0.15) is 0 Å². The van der Waals surface area contributed by atoms with Crippen molar-refractivity contribution in [3.8, 4) is 0 Å². The molecule has 1 saturated carbocycles. The van der Waals surface area contributed by atoms with Crippen molar-refractivity contribution in [2.75, 3.05) is 6.61 Å². The fourth-order valence-corrected chi connectivity index (χ4v) is 3.30. The zero-order valence-electron chi connectivity index (χ0n) is 10.5. The largest absolute Gasteiger partial charge is 0.466 e. The van der Waals surface area contributed by atoms with E-state index in [1.54, 1.807) is 6.92 Å². The highest BCUT2D eigenvalue weighted by Gasteiger charge is 2.45. The number of ketones is 1. The van der Waals surface area contributed by atoms with Gasteiger partial charge in [-0.05, 0) is 44.4 Å². The maximum Gasteiger partial charge on any atom is 0.309 e. The van der Waals surface area contributed by atoms with E-state index in [1.807, 2.05) is 6.92 Å². The second kappa shape index (κ2) is 5.03. The number of rotatable bonds is 4. The van der Waals surface area contributed by atoms with Gasteiger partial charge in [-0.3, -0.25) is 4.79 Å². The number of fused-ring (bicyclic) bond motifs is 2. The van der Waals surface area contributed by atoms with Crippen molar-refractivity contribution >= 4 is 11.8 Å². The highest BCUT2D eigenvalue weighted by molar-refractivity contribution is 5.79. The van der Waals surface area contributed by atoms with Gasteiger partial charge in [0.25, 0.3) is 0 Å². The average molecular weight is 236 g/mol. The fraction of sp³-hybridized carbons (Fsp3) is 0.714. The molecule has 17 heavy (non-hydrogen) atoms. The normalized spacial score (nSPS) is 34.7. The van der Waals surface area contributed by atoms with Crippen LogP contribution in [-0.2, 0) is 14.3 Å². The van der Waals surface area contributed by atoms with Gasteiger partial charge in [0, 0.05) is 6.42 Å². The summed E-state index contributed by atoms with van der Waals surface area (Å²) in [6.07, 6.45) is 7.01. The Morgan fingerprint density at radius 1 is 1.24 bits per heavy atom. The van der Waals surface area contributed by atoms with Crippen LogP contribution < -0.4 is 0 Å². The summed E-state index contributed by atoms with van der Waals surface area (Å²) in [7, 11) is 0. The number of Topliss-reactive ketones (excluding diaryl/α,β-unsaturated/α-hetero) is 1. The summed E-state index contributed by atoms with van der Waals surface area (Å²) in [5.74, 6) is 0.794. The monoisotopic (exact) mass is 236 g/mol. The van der Waals surface area contributed by atoms with Gasteiger partial charge in [0.1, 0.15) is 5.78 Å². The van der Waals surface area contributed by atoms with Crippen LogP contribution in [0.4, 0.5) is 0 Å². The molecule has 0 aromatic carbocycles. The minimum atomic E-state index is -0.113. The van der Waals surface area contributed by atoms with Gasteiger partial charge in [-0.1, -0.05) is 12.2 Å². The van der Waals surface area contributed by atoms with Crippen LogP contribution in [-0.4, -0.2) is 18.4 Å². The Kier molecular flexibility index (Phi) is 3.65. The van der Waals surface area contributed by atoms with Crippen LogP contribution in [0.2, 0.25) is 0 Å². The van der Waals surface area contributed by atoms with Crippen molar-refractivity contribution in [3.63, 3.8) is 0 Å². The minimum absolute atomic E-state index is 0.0948. The lowest BCUT2D eigenvalue weighted by Gasteiger charge is -2.43. The molecule has 3 nitrogen and oxygen atoms in total. The van der Waals surface area contributed by atoms with Crippen molar-refractivity contribution in [2.45, 2.75) is 33.1 Å². The van der Waals surface area contributed by atoms with E-state index in [1.165, 1.54) is 0 Å². The lowest BCUT2D eigenvalue weighted by Crippen LogP contribution is -2.42. The van der Waals surface area contributed by atoms with E-state index in [9.17, 15) is 9.59 Å². The number of carbonyl (C=O) groups excluding carboxylic acids is 2. The molecule has 0 aromatic heterocycles. The third-order valence-corrected chi connectivity index (χ3v) is 3.99. The van der Waals surface area contributed by atoms with Crippen molar-refractivity contribution in [1.29, 1.82) is 0 Å². The standard InChI is InChI=1S/C14H20O3/c1-3-17-14(16)13-11-6-4-10(5-7-11)12(13)8-9(2)15/h4,6,10-13H,3,5,7-8H2,1-2H3/t10-,11+,12-,13-/m0/s1. The van der Waals surface area contributed by atoms with Crippen LogP contribution in [0.15, 0.2) is 12.2 Å². The van der Waals surface area contributed by atoms with Gasteiger partial charge in [0.15, 0.2) is 0 Å². The molecule has 0 aliphatic heterocycles. The number of allylic oxidation sites excluding steroid dienone is 2. The number of carbonyl (C=O) groups is 2. The number of hydrogen-bond donors (Lipinski definition) is 0. The third kappa shape index (κ3) is 2.43. The van der Waals surface area contributed by atoms with E-state index in [0.29, 0.717) is 18.9 Å². The van der Waals surface area contributed by atoms with Crippen molar-refractivity contribution in [2.24, 2.45) is 23.7 Å². The quantitative estimate of drug-likeness (QED) is 0.556. The molecule has 3 heteroatoms. The lowest BCUT2D eigenvalue weighted by molar-refractivity contribution is -0.154. The average Bonchev–Trinajstić information content (AvgIpc) is 2.29. The van der Waals surface area contributed by atoms with E-state index >= 15 is 0 Å². The molecule has 3 rings (SSSR count). The van der Waals surface area contributed by atoms with Crippen molar-refractivity contribution < 1.29 is 14.3 Å². The van der Waals surface area contributed by atoms with E-state index in [0.717, 1.165) is 12.8 Å². The fourth-order valence-electron chi connectivity index (χ4n) is 3.30. The molecule has 1 fully saturated rings. The molecule has 2 bridgehead atoms. The Morgan fingerprint density at radius 2 is 1.88 bits per heavy atom. The molecule has 94 valence electrons. The van der Waals surface area contributed by atoms with E-state index in [4.69, 9.17) is 4.74 Å². The van der Waals surface area contributed by atoms with Crippen LogP contribution in [0.25, 0.3) is 0 Å². The maximum absolute atomic E-state index is 12.0. The van der Waals surface area contributed by atoms with Crippen LogP contribution in [0, 0.1) is 23.7 Å². The van der Waals surface area contributed by atoms with Crippen LogP contribution in [0.3, 0.4) is 0 Å². The first-order valence-corrected chi connectivity index (χ1v) is 6.48. The zero-order valence-corrected chi connectivity index (χ0v) is 10.5. The smallest absolute Gasteiger partial charge is 0.309 e. The van der Waals surface area contributed by atoms with Gasteiger partial charge < -0.3 is 9.53 Å². The number of hydrogen-bond acceptors (Lipinski definition) is 3. The van der Waals surface area contributed by atoms with Gasteiger partial charge in [0.05, 0.1) is 12.5 Å². The van der Waals surface area contributed by atoms with E-state index in [2.05, 4.69) is 12.2 Å². The van der Waals surface area contributed by atoms with Crippen molar-refractivity contribution in [3.05, 3.63) is 12.2 Å². The summed E-state index contributed by atoms with van der Waals surface area (Å²) < 4.78 is 5.16. The topological polar surface area (TPSA) is 43.4 Å². The molecular formula is C14H20O3. The predicted molar refractivity (Wildman–Crippen MR) is 64.3 cm³/mol. The van der Waals surface area contributed by atoms with Crippen molar-refractivity contribution in [1.82, 2.24) is 0 Å². The summed E-state index contributed by atoms with van der Waals surface area (Å²) in [5.41, 5.74) is 0. The highest BCUT2D eigenvalue weighted by Crippen LogP contribution is 2.46. The third-order valence-electron chi connectivity index (χ3n) is 3.99. The van der Waals surface area contributed by atoms with Crippen LogP contribution >= 0.6 is 0 Å². The molecule has 3 aliphatic rings. The summed E-state index contributed by atoms with van der Waals surface area (Å²) in [4.78, 5) is 23.4. The van der Waals surface area contributed by atoms with Gasteiger partial charge in [-0.25, -0.2) is 0 Å². The predicted octanol–water partition coefficient (Wildman–Crippen LogP) is 2.36. The first-order chi connectivity index (χ1) is 8.13. The summed E-state index contributed by atoms with van der Waals surface area (Å²) >= 11 is 0. The molecule has 0 heterocycles. The first kappa shape index (κ1) is 12.3. The Balaban J connectivity index is 2.17. The molecule has 0 N–H and O–H groups in total. The first-order valence-electron chi connectivity index (χ1n) is 6.48. The molecule has 3 aliphatic carbocycles. The lowest BCUT2D eigenvalue weighted by atomic mass is 9.61. The number of ether oxygens (including phenoxy) is 1. The Bertz CT molecular complexity index is 345. The number of esters is 1. The Morgan fingerprint density at radius 3 is 2.41 bits per heavy atom. The minimum Gasteiger partial charge on any atom is -0.466 e. The molecule has 0 spiro atoms. The second-order valence-electron chi connectivity index (χ2n) is 5.14. The summed E-state index contributed by atoms with van der Waals surface area (Å²) in [6.45, 7) is 3.85. The van der Waals surface area contributed by atoms with E-state index in [-0.39, 0.29) is 29.5 Å². The molecule has 0 amide bonds. The molecule has 0 saturated heterocycles. The Labute approximate surface area is 102 Å².